The SMILES string of the molecule is CCc1cn(C2CC(O)C(COP(=O)(O)OP(=O)(O)OP(=O)(O)O)O2)c2[nH]c(N)nc(=S)c12. The molecule has 0 aromatic carbocycles. The van der Waals surface area contributed by atoms with Gasteiger partial charge < -0.3 is 44.7 Å². The summed E-state index contributed by atoms with van der Waals surface area (Å²) >= 11 is 5.28. The second kappa shape index (κ2) is 9.55. The maximum absolute atomic E-state index is 11.9. The minimum absolute atomic E-state index is 0.0280. The highest BCUT2D eigenvalue weighted by molar-refractivity contribution is 7.71. The highest BCUT2D eigenvalue weighted by Gasteiger charge is 2.43. The first-order valence-corrected chi connectivity index (χ1v) is 14.0. The molecule has 2 aromatic rings. The van der Waals surface area contributed by atoms with Crippen molar-refractivity contribution in [3.8, 4) is 0 Å². The fraction of sp³-hybridized carbons (Fsp3) is 0.538. The number of aromatic nitrogens is 3. The number of H-pyrrole nitrogens is 1. The summed E-state index contributed by atoms with van der Waals surface area (Å²) in [6, 6.07) is 0. The number of nitrogen functional groups attached to an aromatic ring is 1. The third kappa shape index (κ3) is 6.55. The first-order valence-electron chi connectivity index (χ1n) is 9.12. The van der Waals surface area contributed by atoms with Crippen LogP contribution in [0.1, 0.15) is 25.1 Å². The van der Waals surface area contributed by atoms with E-state index in [0.717, 1.165) is 5.56 Å². The predicted octanol–water partition coefficient (Wildman–Crippen LogP) is 1.23. The van der Waals surface area contributed by atoms with Crippen molar-refractivity contribution in [2.75, 3.05) is 12.3 Å². The summed E-state index contributed by atoms with van der Waals surface area (Å²) in [6.07, 6.45) is -0.765. The molecule has 3 rings (SSSR count). The van der Waals surface area contributed by atoms with Gasteiger partial charge in [0.05, 0.1) is 18.1 Å². The fourth-order valence-electron chi connectivity index (χ4n) is 3.26. The maximum atomic E-state index is 11.9. The first kappa shape index (κ1) is 26.6. The van der Waals surface area contributed by atoms with Crippen molar-refractivity contribution in [3.05, 3.63) is 16.4 Å². The van der Waals surface area contributed by atoms with Crippen LogP contribution < -0.4 is 5.73 Å². The topological polar surface area (TPSA) is 249 Å². The minimum Gasteiger partial charge on any atom is -0.390 e. The van der Waals surface area contributed by atoms with Crippen molar-refractivity contribution >= 4 is 52.7 Å². The summed E-state index contributed by atoms with van der Waals surface area (Å²) in [7, 11) is -16.5. The number of nitrogens with zero attached hydrogens (tertiary/aromatic N) is 2. The minimum atomic E-state index is -5.65. The van der Waals surface area contributed by atoms with E-state index in [-0.39, 0.29) is 17.0 Å². The summed E-state index contributed by atoms with van der Waals surface area (Å²) in [6.45, 7) is 1.13. The number of hydrogen-bond donors (Lipinski definition) is 7. The maximum Gasteiger partial charge on any atom is 0.490 e. The van der Waals surface area contributed by atoms with Crippen molar-refractivity contribution in [2.24, 2.45) is 0 Å². The van der Waals surface area contributed by atoms with Gasteiger partial charge in [-0.15, -0.1) is 0 Å². The van der Waals surface area contributed by atoms with Crippen LogP contribution in [-0.2, 0) is 38.0 Å². The lowest BCUT2D eigenvalue weighted by atomic mass is 10.2. The molecule has 5 unspecified atom stereocenters. The van der Waals surface area contributed by atoms with E-state index in [1.807, 2.05) is 6.92 Å². The Hall–Kier alpha value is -1.03. The molecule has 3 heterocycles. The van der Waals surface area contributed by atoms with Gasteiger partial charge in [0, 0.05) is 12.6 Å². The largest absolute Gasteiger partial charge is 0.490 e. The molecule has 0 radical (unpaired) electrons. The normalized spacial score (nSPS) is 25.2. The van der Waals surface area contributed by atoms with Gasteiger partial charge in [-0.05, 0) is 12.0 Å². The van der Waals surface area contributed by atoms with E-state index in [2.05, 4.69) is 23.1 Å². The van der Waals surface area contributed by atoms with Crippen LogP contribution in [0.4, 0.5) is 5.95 Å². The molecule has 8 N–H and O–H groups in total. The van der Waals surface area contributed by atoms with E-state index in [1.165, 1.54) is 0 Å². The van der Waals surface area contributed by atoms with Crippen molar-refractivity contribution < 1.29 is 56.3 Å². The van der Waals surface area contributed by atoms with Crippen LogP contribution in [0.5, 0.6) is 0 Å². The predicted molar refractivity (Wildman–Crippen MR) is 113 cm³/mol. The number of nitrogens with two attached hydrogens (primary N) is 1. The third-order valence-corrected chi connectivity index (χ3v) is 8.60. The second-order valence-corrected chi connectivity index (χ2v) is 11.7. The molecule has 0 saturated carbocycles. The standard InChI is InChI=1S/C13H21N4O12P3S/c1-2-6-4-17(11-10(6)12(33)16-13(14)15-11)9-3-7(18)8(27-9)5-26-31(22,23)29-32(24,25)28-30(19,20)21/h4,7-9,18H,2-3,5H2,1H3,(H,22,23)(H,24,25)(H2,19,20,21)(H3,14,15,16,33). The summed E-state index contributed by atoms with van der Waals surface area (Å²) in [5, 5.41) is 11.0. The monoisotopic (exact) mass is 550 g/mol. The van der Waals surface area contributed by atoms with E-state index in [0.29, 0.717) is 17.5 Å². The Morgan fingerprint density at radius 3 is 2.55 bits per heavy atom. The fourth-order valence-corrected chi connectivity index (χ4v) is 6.62. The quantitative estimate of drug-likeness (QED) is 0.171. The zero-order valence-corrected chi connectivity index (χ0v) is 20.2. The summed E-state index contributed by atoms with van der Waals surface area (Å²) in [5.74, 6) is 0.0669. The number of nitrogens with one attached hydrogen (secondary N) is 1. The third-order valence-electron chi connectivity index (χ3n) is 4.51. The van der Waals surface area contributed by atoms with E-state index in [4.69, 9.17) is 32.5 Å². The molecule has 2 aromatic heterocycles. The summed E-state index contributed by atoms with van der Waals surface area (Å²) in [5.41, 5.74) is 7.09. The summed E-state index contributed by atoms with van der Waals surface area (Å²) < 4.78 is 53.4. The number of fused-ring (bicyclic) bond motifs is 1. The molecule has 1 saturated heterocycles. The van der Waals surface area contributed by atoms with Crippen LogP contribution in [0.2, 0.25) is 0 Å². The number of phosphoric ester groups is 1. The lowest BCUT2D eigenvalue weighted by Crippen LogP contribution is -2.26. The molecule has 33 heavy (non-hydrogen) atoms. The van der Waals surface area contributed by atoms with Crippen molar-refractivity contribution in [3.63, 3.8) is 0 Å². The molecule has 1 fully saturated rings. The van der Waals surface area contributed by atoms with Crippen LogP contribution in [0.15, 0.2) is 6.20 Å². The molecular weight excluding hydrogens is 529 g/mol. The van der Waals surface area contributed by atoms with Crippen LogP contribution in [0.25, 0.3) is 11.0 Å². The Kier molecular flexibility index (Phi) is 7.69. The van der Waals surface area contributed by atoms with Gasteiger partial charge in [-0.2, -0.15) is 8.62 Å². The number of aliphatic hydroxyl groups excluding tert-OH is 1. The Morgan fingerprint density at radius 1 is 1.27 bits per heavy atom. The molecule has 0 aliphatic carbocycles. The molecule has 0 amide bonds. The Balaban J connectivity index is 1.73. The van der Waals surface area contributed by atoms with Gasteiger partial charge >= 0.3 is 23.5 Å². The zero-order valence-electron chi connectivity index (χ0n) is 16.7. The number of aliphatic hydroxyl groups is 1. The molecule has 5 atom stereocenters. The number of aromatic amines is 1. The second-order valence-electron chi connectivity index (χ2n) is 6.88. The van der Waals surface area contributed by atoms with E-state index in [1.54, 1.807) is 10.8 Å². The van der Waals surface area contributed by atoms with E-state index < -0.39 is 48.5 Å². The smallest absolute Gasteiger partial charge is 0.390 e. The van der Waals surface area contributed by atoms with Gasteiger partial charge in [-0.1, -0.05) is 19.1 Å². The highest BCUT2D eigenvalue weighted by atomic mass is 32.1. The van der Waals surface area contributed by atoms with Gasteiger partial charge in [0.15, 0.2) is 5.95 Å². The van der Waals surface area contributed by atoms with Crippen molar-refractivity contribution in [1.82, 2.24) is 14.5 Å². The van der Waals surface area contributed by atoms with Crippen LogP contribution in [0, 0.1) is 4.64 Å². The number of ether oxygens (including phenoxy) is 1. The Labute approximate surface area is 190 Å². The van der Waals surface area contributed by atoms with Gasteiger partial charge in [-0.3, -0.25) is 4.52 Å². The molecule has 1 aliphatic heterocycles. The van der Waals surface area contributed by atoms with Gasteiger partial charge in [-0.25, -0.2) is 18.7 Å². The number of hydrogen-bond acceptors (Lipinski definition) is 11. The number of rotatable bonds is 9. The van der Waals surface area contributed by atoms with Gasteiger partial charge in [0.2, 0.25) is 0 Å². The zero-order chi connectivity index (χ0) is 24.8. The average molecular weight is 550 g/mol. The molecule has 20 heteroatoms. The molecule has 16 nitrogen and oxygen atoms in total. The summed E-state index contributed by atoms with van der Waals surface area (Å²) in [4.78, 5) is 42.8. The molecule has 0 bridgehead atoms. The average Bonchev–Trinajstić information content (AvgIpc) is 3.17. The van der Waals surface area contributed by atoms with E-state index >= 15 is 0 Å². The molecule has 1 aliphatic rings. The van der Waals surface area contributed by atoms with Crippen molar-refractivity contribution in [2.45, 2.75) is 38.2 Å². The number of anilines is 1. The van der Waals surface area contributed by atoms with Crippen molar-refractivity contribution in [1.29, 1.82) is 0 Å². The molecule has 0 spiro atoms. The molecule has 186 valence electrons. The number of phosphoric acid groups is 3. The lowest BCUT2D eigenvalue weighted by molar-refractivity contribution is -0.0422. The van der Waals surface area contributed by atoms with Crippen LogP contribution in [0.3, 0.4) is 0 Å². The Morgan fingerprint density at radius 2 is 1.94 bits per heavy atom. The highest BCUT2D eigenvalue weighted by Crippen LogP contribution is 2.66. The first-order chi connectivity index (χ1) is 15.1. The van der Waals surface area contributed by atoms with Gasteiger partial charge in [0.1, 0.15) is 22.6 Å². The number of aryl methyl sites for hydroxylation is 1. The van der Waals surface area contributed by atoms with Crippen LogP contribution in [-0.4, -0.2) is 58.0 Å². The lowest BCUT2D eigenvalue weighted by Gasteiger charge is -2.19. The Bertz CT molecular complexity index is 1240. The van der Waals surface area contributed by atoms with Crippen LogP contribution >= 0.6 is 35.7 Å². The van der Waals surface area contributed by atoms with Gasteiger partial charge in [0.25, 0.3) is 0 Å². The van der Waals surface area contributed by atoms with E-state index in [9.17, 15) is 28.6 Å². The molecular formula is C13H21N4O12P3S.